The van der Waals surface area contributed by atoms with E-state index >= 15 is 0 Å². The van der Waals surface area contributed by atoms with Gasteiger partial charge in [0.25, 0.3) is 0 Å². The second-order valence-corrected chi connectivity index (χ2v) is 7.99. The standard InChI is InChI=1S/C16H18FN3O5S/c17-11-3-5-13(6-4-11)26(22,23)9-7-14-19-16(25-20-14)15(21)18-10-12-2-1-8-24-12/h3-6,12H,1-2,7-10H2,(H,18,21)/t12-/m0/s1. The van der Waals surface area contributed by atoms with Crippen LogP contribution in [0.1, 0.15) is 29.4 Å². The molecule has 10 heteroatoms. The predicted octanol–water partition coefficient (Wildman–Crippen LogP) is 1.13. The number of carbonyl (C=O) groups excluding carboxylic acids is 1. The Morgan fingerprint density at radius 3 is 2.77 bits per heavy atom. The third-order valence-electron chi connectivity index (χ3n) is 3.94. The van der Waals surface area contributed by atoms with Gasteiger partial charge in [-0.05, 0) is 37.1 Å². The Morgan fingerprint density at radius 1 is 1.31 bits per heavy atom. The van der Waals surface area contributed by atoms with Gasteiger partial charge in [0.1, 0.15) is 5.82 Å². The molecule has 26 heavy (non-hydrogen) atoms. The molecular weight excluding hydrogens is 365 g/mol. The first-order valence-electron chi connectivity index (χ1n) is 8.15. The molecule has 1 fully saturated rings. The monoisotopic (exact) mass is 383 g/mol. The summed E-state index contributed by atoms with van der Waals surface area (Å²) in [6.07, 6.45) is 1.81. The van der Waals surface area contributed by atoms with E-state index in [2.05, 4.69) is 15.5 Å². The number of benzene rings is 1. The number of hydrogen-bond donors (Lipinski definition) is 1. The highest BCUT2D eigenvalue weighted by atomic mass is 32.2. The average Bonchev–Trinajstić information content (AvgIpc) is 3.30. The first-order chi connectivity index (χ1) is 12.4. The van der Waals surface area contributed by atoms with Crippen molar-refractivity contribution in [1.82, 2.24) is 15.5 Å². The summed E-state index contributed by atoms with van der Waals surface area (Å²) in [6.45, 7) is 1.04. The van der Waals surface area contributed by atoms with Gasteiger partial charge >= 0.3 is 11.8 Å². The van der Waals surface area contributed by atoms with E-state index in [0.717, 1.165) is 25.0 Å². The van der Waals surface area contributed by atoms with Crippen molar-refractivity contribution >= 4 is 15.7 Å². The summed E-state index contributed by atoms with van der Waals surface area (Å²) in [4.78, 5) is 15.9. The van der Waals surface area contributed by atoms with Gasteiger partial charge in [0, 0.05) is 19.6 Å². The minimum Gasteiger partial charge on any atom is -0.376 e. The van der Waals surface area contributed by atoms with Crippen molar-refractivity contribution in [3.8, 4) is 0 Å². The van der Waals surface area contributed by atoms with Crippen molar-refractivity contribution in [1.29, 1.82) is 0 Å². The Morgan fingerprint density at radius 2 is 2.08 bits per heavy atom. The Hall–Kier alpha value is -2.33. The molecule has 0 radical (unpaired) electrons. The number of nitrogens with one attached hydrogen (secondary N) is 1. The highest BCUT2D eigenvalue weighted by Gasteiger charge is 2.21. The normalized spacial score (nSPS) is 17.3. The number of sulfone groups is 1. The number of aryl methyl sites for hydroxylation is 1. The van der Waals surface area contributed by atoms with E-state index in [1.807, 2.05) is 0 Å². The molecule has 1 aliphatic heterocycles. The number of nitrogens with zero attached hydrogens (tertiary/aromatic N) is 2. The number of ether oxygens (including phenoxy) is 1. The van der Waals surface area contributed by atoms with Gasteiger partial charge in [-0.3, -0.25) is 4.79 Å². The van der Waals surface area contributed by atoms with E-state index in [-0.39, 0.29) is 34.9 Å². The number of carbonyl (C=O) groups is 1. The van der Waals surface area contributed by atoms with E-state index in [9.17, 15) is 17.6 Å². The maximum absolute atomic E-state index is 12.9. The molecule has 1 N–H and O–H groups in total. The average molecular weight is 383 g/mol. The van der Waals surface area contributed by atoms with Crippen LogP contribution in [0.5, 0.6) is 0 Å². The molecule has 1 aromatic heterocycles. The zero-order valence-corrected chi connectivity index (χ0v) is 14.7. The minimum atomic E-state index is -3.61. The van der Waals surface area contributed by atoms with Gasteiger partial charge in [-0.2, -0.15) is 4.98 Å². The van der Waals surface area contributed by atoms with Crippen LogP contribution in [0.2, 0.25) is 0 Å². The molecular formula is C16H18FN3O5S. The summed E-state index contributed by atoms with van der Waals surface area (Å²) in [5.41, 5.74) is 0. The summed E-state index contributed by atoms with van der Waals surface area (Å²) < 4.78 is 47.6. The summed E-state index contributed by atoms with van der Waals surface area (Å²) >= 11 is 0. The fraction of sp³-hybridized carbons (Fsp3) is 0.438. The fourth-order valence-corrected chi connectivity index (χ4v) is 3.76. The largest absolute Gasteiger partial charge is 0.376 e. The number of aromatic nitrogens is 2. The molecule has 2 aromatic rings. The second-order valence-electron chi connectivity index (χ2n) is 5.88. The molecule has 0 aliphatic carbocycles. The van der Waals surface area contributed by atoms with Crippen molar-refractivity contribution < 1.29 is 26.9 Å². The molecule has 0 spiro atoms. The van der Waals surface area contributed by atoms with Crippen LogP contribution in [0, 0.1) is 5.82 Å². The second kappa shape index (κ2) is 7.92. The first kappa shape index (κ1) is 18.5. The van der Waals surface area contributed by atoms with Gasteiger partial charge in [0.15, 0.2) is 15.7 Å². The molecule has 1 aliphatic rings. The van der Waals surface area contributed by atoms with Gasteiger partial charge < -0.3 is 14.6 Å². The van der Waals surface area contributed by atoms with Crippen molar-refractivity contribution in [2.24, 2.45) is 0 Å². The third-order valence-corrected chi connectivity index (χ3v) is 5.68. The maximum atomic E-state index is 12.9. The molecule has 1 saturated heterocycles. The highest BCUT2D eigenvalue weighted by molar-refractivity contribution is 7.91. The van der Waals surface area contributed by atoms with E-state index in [4.69, 9.17) is 9.26 Å². The SMILES string of the molecule is O=C(NC[C@@H]1CCCO1)c1nc(CCS(=O)(=O)c2ccc(F)cc2)no1. The number of amides is 1. The predicted molar refractivity (Wildman–Crippen MR) is 87.8 cm³/mol. The Labute approximate surface area is 149 Å². The van der Waals surface area contributed by atoms with E-state index in [1.54, 1.807) is 0 Å². The highest BCUT2D eigenvalue weighted by Crippen LogP contribution is 2.13. The van der Waals surface area contributed by atoms with Gasteiger partial charge in [-0.15, -0.1) is 0 Å². The lowest BCUT2D eigenvalue weighted by Crippen LogP contribution is -2.31. The lowest BCUT2D eigenvalue weighted by molar-refractivity contribution is 0.0822. The topological polar surface area (TPSA) is 111 Å². The van der Waals surface area contributed by atoms with Crippen LogP contribution in [0.25, 0.3) is 0 Å². The Balaban J connectivity index is 1.54. The van der Waals surface area contributed by atoms with Crippen molar-refractivity contribution in [2.45, 2.75) is 30.3 Å². The molecule has 0 bridgehead atoms. The number of rotatable bonds is 7. The van der Waals surface area contributed by atoms with Crippen LogP contribution in [0.4, 0.5) is 4.39 Å². The number of hydrogen-bond acceptors (Lipinski definition) is 7. The van der Waals surface area contributed by atoms with Gasteiger partial charge in [-0.25, -0.2) is 12.8 Å². The zero-order chi connectivity index (χ0) is 18.6. The molecule has 3 rings (SSSR count). The molecule has 140 valence electrons. The van der Waals surface area contributed by atoms with E-state index in [0.29, 0.717) is 13.2 Å². The van der Waals surface area contributed by atoms with Crippen LogP contribution in [0.3, 0.4) is 0 Å². The smallest absolute Gasteiger partial charge is 0.315 e. The van der Waals surface area contributed by atoms with Crippen LogP contribution < -0.4 is 5.32 Å². The summed E-state index contributed by atoms with van der Waals surface area (Å²) in [6, 6.07) is 4.56. The molecule has 8 nitrogen and oxygen atoms in total. The van der Waals surface area contributed by atoms with Gasteiger partial charge in [0.2, 0.25) is 0 Å². The number of halogens is 1. The first-order valence-corrected chi connectivity index (χ1v) is 9.80. The van der Waals surface area contributed by atoms with Crippen LogP contribution in [-0.2, 0) is 21.0 Å². The van der Waals surface area contributed by atoms with Gasteiger partial charge in [0.05, 0.1) is 16.8 Å². The molecule has 1 aromatic carbocycles. The fourth-order valence-electron chi connectivity index (χ4n) is 2.52. The quantitative estimate of drug-likeness (QED) is 0.714. The lowest BCUT2D eigenvalue weighted by atomic mass is 10.2. The van der Waals surface area contributed by atoms with E-state index in [1.165, 1.54) is 12.1 Å². The molecule has 1 atom stereocenters. The van der Waals surface area contributed by atoms with Crippen LogP contribution in [-0.4, -0.2) is 49.5 Å². The van der Waals surface area contributed by atoms with E-state index < -0.39 is 21.6 Å². The molecule has 1 amide bonds. The van der Waals surface area contributed by atoms with Crippen molar-refractivity contribution in [3.63, 3.8) is 0 Å². The van der Waals surface area contributed by atoms with Crippen molar-refractivity contribution in [2.75, 3.05) is 18.9 Å². The lowest BCUT2D eigenvalue weighted by Gasteiger charge is -2.08. The zero-order valence-electron chi connectivity index (χ0n) is 13.9. The van der Waals surface area contributed by atoms with Crippen molar-refractivity contribution in [3.05, 3.63) is 41.8 Å². The minimum absolute atomic E-state index is 0.0110. The van der Waals surface area contributed by atoms with Crippen LogP contribution in [0.15, 0.2) is 33.7 Å². The Kier molecular flexibility index (Phi) is 5.62. The Bertz CT molecular complexity index is 860. The third kappa shape index (κ3) is 4.64. The molecule has 2 heterocycles. The summed E-state index contributed by atoms with van der Waals surface area (Å²) in [5, 5.41) is 6.27. The maximum Gasteiger partial charge on any atom is 0.315 e. The van der Waals surface area contributed by atoms with Gasteiger partial charge in [-0.1, -0.05) is 5.16 Å². The van der Waals surface area contributed by atoms with Crippen LogP contribution >= 0.6 is 0 Å². The summed E-state index contributed by atoms with van der Waals surface area (Å²) in [5.74, 6) is -1.44. The molecule has 0 saturated carbocycles. The molecule has 0 unspecified atom stereocenters. The summed E-state index contributed by atoms with van der Waals surface area (Å²) in [7, 11) is -3.61.